The second-order valence-electron chi connectivity index (χ2n) is 4.80. The maximum Gasteiger partial charge on any atom is 0.160 e. The summed E-state index contributed by atoms with van der Waals surface area (Å²) in [6, 6.07) is 0.277. The van der Waals surface area contributed by atoms with E-state index in [-0.39, 0.29) is 6.04 Å². The highest BCUT2D eigenvalue weighted by molar-refractivity contribution is 5.21. The topological polar surface area (TPSA) is 47.0 Å². The first-order chi connectivity index (χ1) is 8.48. The van der Waals surface area contributed by atoms with Gasteiger partial charge in [-0.15, -0.1) is 0 Å². The second-order valence-corrected chi connectivity index (χ2v) is 4.80. The number of hydrogen-bond acceptors (Lipinski definition) is 4. The van der Waals surface area contributed by atoms with Crippen LogP contribution in [0.2, 0.25) is 0 Å². The molecule has 0 saturated heterocycles. The van der Waals surface area contributed by atoms with Gasteiger partial charge in [0.25, 0.3) is 0 Å². The maximum atomic E-state index is 5.54. The fourth-order valence-corrected chi connectivity index (χ4v) is 1.97. The molecule has 1 rings (SSSR count). The quantitative estimate of drug-likeness (QED) is 0.844. The molecule has 0 aliphatic rings. The molecule has 2 unspecified atom stereocenters. The Bertz CT molecular complexity index is 389. The smallest absolute Gasteiger partial charge is 0.160 e. The Balaban J connectivity index is 3.05. The molecule has 102 valence electrons. The van der Waals surface area contributed by atoms with Crippen LogP contribution in [0.4, 0.5) is 0 Å². The van der Waals surface area contributed by atoms with Gasteiger partial charge in [0.05, 0.1) is 0 Å². The number of methoxy groups -OCH3 is 1. The molecule has 1 heterocycles. The Morgan fingerprint density at radius 3 is 2.56 bits per heavy atom. The molecule has 18 heavy (non-hydrogen) atoms. The van der Waals surface area contributed by atoms with E-state index in [4.69, 9.17) is 4.74 Å². The average Bonchev–Trinajstić information content (AvgIpc) is 2.37. The van der Waals surface area contributed by atoms with Crippen molar-refractivity contribution in [2.24, 2.45) is 0 Å². The highest BCUT2D eigenvalue weighted by atomic mass is 16.5. The summed E-state index contributed by atoms with van der Waals surface area (Å²) in [5.74, 6) is 0.762. The number of rotatable bonds is 6. The van der Waals surface area contributed by atoms with Gasteiger partial charge < -0.3 is 10.1 Å². The van der Waals surface area contributed by atoms with E-state index in [0.717, 1.165) is 30.0 Å². The van der Waals surface area contributed by atoms with Gasteiger partial charge in [0, 0.05) is 30.6 Å². The number of aromatic nitrogens is 2. The number of hydrogen-bond donors (Lipinski definition) is 1. The summed E-state index contributed by atoms with van der Waals surface area (Å²) in [5.41, 5.74) is 1.77. The van der Waals surface area contributed by atoms with Gasteiger partial charge >= 0.3 is 0 Å². The molecule has 0 amide bonds. The Morgan fingerprint density at radius 2 is 2.11 bits per heavy atom. The molecular formula is C14H25N3O. The minimum absolute atomic E-state index is 0.277. The summed E-state index contributed by atoms with van der Waals surface area (Å²) in [7, 11) is 1.71. The summed E-state index contributed by atoms with van der Waals surface area (Å²) >= 11 is 0. The molecule has 0 bridgehead atoms. The van der Waals surface area contributed by atoms with Gasteiger partial charge in [-0.1, -0.05) is 13.8 Å². The van der Waals surface area contributed by atoms with Gasteiger partial charge in [-0.25, -0.2) is 9.97 Å². The number of nitrogens with one attached hydrogen (secondary N) is 1. The Hall–Kier alpha value is -1.00. The summed E-state index contributed by atoms with van der Waals surface area (Å²) in [6.45, 7) is 11.3. The first-order valence-corrected chi connectivity index (χ1v) is 6.61. The summed E-state index contributed by atoms with van der Waals surface area (Å²) in [4.78, 5) is 9.09. The molecular weight excluding hydrogens is 226 g/mol. The molecule has 0 fully saturated rings. The van der Waals surface area contributed by atoms with Gasteiger partial charge in [0.2, 0.25) is 0 Å². The number of aryl methyl sites for hydroxylation is 1. The molecule has 1 aromatic heterocycles. The maximum absolute atomic E-state index is 5.54. The molecule has 0 aromatic carbocycles. The highest BCUT2D eigenvalue weighted by Crippen LogP contribution is 2.26. The molecule has 0 radical (unpaired) electrons. The normalized spacial score (nSPS) is 16.3. The van der Waals surface area contributed by atoms with E-state index in [2.05, 4.69) is 36.1 Å². The van der Waals surface area contributed by atoms with Crippen molar-refractivity contribution in [3.63, 3.8) is 0 Å². The van der Waals surface area contributed by atoms with Gasteiger partial charge in [-0.3, -0.25) is 0 Å². The van der Waals surface area contributed by atoms with Crippen molar-refractivity contribution in [2.45, 2.75) is 52.7 Å². The Kier molecular flexibility index (Phi) is 5.23. The minimum Gasteiger partial charge on any atom is -0.371 e. The van der Waals surface area contributed by atoms with Crippen LogP contribution in [0.1, 0.15) is 57.2 Å². The summed E-state index contributed by atoms with van der Waals surface area (Å²) in [6.07, 6.45) is 2.77. The van der Waals surface area contributed by atoms with Crippen molar-refractivity contribution >= 4 is 0 Å². The first-order valence-electron chi connectivity index (χ1n) is 6.61. The Morgan fingerprint density at radius 1 is 1.44 bits per heavy atom. The van der Waals surface area contributed by atoms with Crippen molar-refractivity contribution in [3.8, 4) is 0 Å². The fraction of sp³-hybridized carbons (Fsp3) is 0.714. The van der Waals surface area contributed by atoms with E-state index in [1.165, 1.54) is 0 Å². The van der Waals surface area contributed by atoms with Crippen LogP contribution in [0.3, 0.4) is 0 Å². The molecule has 0 saturated carbocycles. The van der Waals surface area contributed by atoms with Gasteiger partial charge in [-0.05, 0) is 33.7 Å². The zero-order valence-electron chi connectivity index (χ0n) is 12.4. The molecule has 1 aromatic rings. The highest BCUT2D eigenvalue weighted by Gasteiger charge is 2.28. The van der Waals surface area contributed by atoms with Crippen LogP contribution in [0.25, 0.3) is 0 Å². The lowest BCUT2D eigenvalue weighted by atomic mass is 10.0. The third kappa shape index (κ3) is 3.06. The second kappa shape index (κ2) is 6.25. The predicted molar refractivity (Wildman–Crippen MR) is 73.5 cm³/mol. The van der Waals surface area contributed by atoms with Crippen LogP contribution in [-0.4, -0.2) is 23.6 Å². The van der Waals surface area contributed by atoms with Crippen LogP contribution < -0.4 is 5.32 Å². The molecule has 0 aliphatic carbocycles. The summed E-state index contributed by atoms with van der Waals surface area (Å²) in [5, 5.41) is 3.38. The van der Waals surface area contributed by atoms with E-state index < -0.39 is 5.60 Å². The number of ether oxygens (including phenoxy) is 1. The van der Waals surface area contributed by atoms with Crippen molar-refractivity contribution in [3.05, 3.63) is 23.3 Å². The van der Waals surface area contributed by atoms with Crippen molar-refractivity contribution in [1.29, 1.82) is 0 Å². The zero-order valence-corrected chi connectivity index (χ0v) is 12.4. The fourth-order valence-electron chi connectivity index (χ4n) is 1.97. The van der Waals surface area contributed by atoms with Gasteiger partial charge in [0.1, 0.15) is 5.60 Å². The molecule has 0 aliphatic heterocycles. The standard InChI is InChI=1S/C14H25N3O/c1-7-14(5,18-6)13-16-9-12(11(4)17-13)10(3)15-8-2/h9-10,15H,7-8H2,1-6H3. The van der Waals surface area contributed by atoms with Gasteiger partial charge in [-0.2, -0.15) is 0 Å². The largest absolute Gasteiger partial charge is 0.371 e. The van der Waals surface area contributed by atoms with Crippen molar-refractivity contribution in [2.75, 3.05) is 13.7 Å². The molecule has 2 atom stereocenters. The van der Waals surface area contributed by atoms with Crippen LogP contribution >= 0.6 is 0 Å². The molecule has 0 spiro atoms. The van der Waals surface area contributed by atoms with Crippen molar-refractivity contribution < 1.29 is 4.74 Å². The third-order valence-corrected chi connectivity index (χ3v) is 3.59. The van der Waals surface area contributed by atoms with Crippen LogP contribution in [0, 0.1) is 6.92 Å². The van der Waals surface area contributed by atoms with E-state index in [1.54, 1.807) is 7.11 Å². The molecule has 4 heteroatoms. The van der Waals surface area contributed by atoms with Crippen LogP contribution in [-0.2, 0) is 10.3 Å². The Labute approximate surface area is 110 Å². The van der Waals surface area contributed by atoms with Crippen LogP contribution in [0.15, 0.2) is 6.20 Å². The SMILES string of the molecule is CCNC(C)c1cnc(C(C)(CC)OC)nc1C. The predicted octanol–water partition coefficient (Wildman–Crippen LogP) is 2.73. The molecule has 4 nitrogen and oxygen atoms in total. The zero-order chi connectivity index (χ0) is 13.8. The van der Waals surface area contributed by atoms with E-state index in [1.807, 2.05) is 20.0 Å². The summed E-state index contributed by atoms with van der Waals surface area (Å²) < 4.78 is 5.54. The monoisotopic (exact) mass is 251 g/mol. The van der Waals surface area contributed by atoms with Crippen molar-refractivity contribution in [1.82, 2.24) is 15.3 Å². The van der Waals surface area contributed by atoms with E-state index in [9.17, 15) is 0 Å². The minimum atomic E-state index is -0.398. The lowest BCUT2D eigenvalue weighted by Crippen LogP contribution is -2.27. The van der Waals surface area contributed by atoms with Crippen LogP contribution in [0.5, 0.6) is 0 Å². The number of nitrogens with zero attached hydrogens (tertiary/aromatic N) is 2. The average molecular weight is 251 g/mol. The first kappa shape index (κ1) is 15.1. The van der Waals surface area contributed by atoms with E-state index in [0.29, 0.717) is 0 Å². The van der Waals surface area contributed by atoms with E-state index >= 15 is 0 Å². The lowest BCUT2D eigenvalue weighted by molar-refractivity contribution is -0.00917. The molecule has 1 N–H and O–H groups in total. The lowest BCUT2D eigenvalue weighted by Gasteiger charge is -2.26. The third-order valence-electron chi connectivity index (χ3n) is 3.59. The van der Waals surface area contributed by atoms with Gasteiger partial charge in [0.15, 0.2) is 5.82 Å².